The molecule has 0 spiro atoms. The molecule has 1 nitrogen and oxygen atoms in total. The highest BCUT2D eigenvalue weighted by Gasteiger charge is 2.24. The minimum atomic E-state index is -0.362. The van der Waals surface area contributed by atoms with Gasteiger partial charge in [-0.15, -0.1) is 11.8 Å². The molecule has 0 amide bonds. The molecule has 3 atom stereocenters. The minimum Gasteiger partial charge on any atom is -0.389 e. The maximum Gasteiger partial charge on any atom is 0.0762 e. The van der Waals surface area contributed by atoms with Crippen molar-refractivity contribution in [1.29, 1.82) is 0 Å². The van der Waals surface area contributed by atoms with Gasteiger partial charge in [-0.1, -0.05) is 38.3 Å². The second-order valence-electron chi connectivity index (χ2n) is 5.36. The topological polar surface area (TPSA) is 20.2 Å². The van der Waals surface area contributed by atoms with Crippen molar-refractivity contribution in [2.24, 2.45) is 5.92 Å². The van der Waals surface area contributed by atoms with Gasteiger partial charge < -0.3 is 5.11 Å². The smallest absolute Gasteiger partial charge is 0.0762 e. The molecule has 18 heavy (non-hydrogen) atoms. The van der Waals surface area contributed by atoms with Crippen molar-refractivity contribution in [3.05, 3.63) is 29.8 Å². The Hall–Kier alpha value is -0.470. The van der Waals surface area contributed by atoms with Crippen LogP contribution in [0, 0.1) is 5.92 Å². The standard InChI is InChI=1S/C16H24OS/c1-3-13-7-4-5-10-16(13)18-15-9-6-8-14(11-15)12(2)17/h6,8-9,11-13,16-17H,3-5,7,10H2,1-2H3. The largest absolute Gasteiger partial charge is 0.389 e. The van der Waals surface area contributed by atoms with E-state index in [-0.39, 0.29) is 6.10 Å². The first-order valence-electron chi connectivity index (χ1n) is 7.15. The van der Waals surface area contributed by atoms with Gasteiger partial charge >= 0.3 is 0 Å². The van der Waals surface area contributed by atoms with E-state index >= 15 is 0 Å². The van der Waals surface area contributed by atoms with Gasteiger partial charge in [-0.25, -0.2) is 0 Å². The van der Waals surface area contributed by atoms with Gasteiger partial charge in [0.05, 0.1) is 6.10 Å². The second-order valence-corrected chi connectivity index (χ2v) is 6.67. The second kappa shape index (κ2) is 6.63. The predicted octanol–water partition coefficient (Wildman–Crippen LogP) is 4.80. The summed E-state index contributed by atoms with van der Waals surface area (Å²) in [4.78, 5) is 1.32. The fourth-order valence-electron chi connectivity index (χ4n) is 2.82. The first kappa shape index (κ1) is 14.0. The fraction of sp³-hybridized carbons (Fsp3) is 0.625. The number of rotatable bonds is 4. The van der Waals surface area contributed by atoms with Crippen LogP contribution < -0.4 is 0 Å². The molecule has 100 valence electrons. The quantitative estimate of drug-likeness (QED) is 0.843. The lowest BCUT2D eigenvalue weighted by Gasteiger charge is -2.30. The van der Waals surface area contributed by atoms with Crippen molar-refractivity contribution in [3.8, 4) is 0 Å². The molecule has 0 radical (unpaired) electrons. The molecule has 3 unspecified atom stereocenters. The van der Waals surface area contributed by atoms with Gasteiger partial charge in [0.25, 0.3) is 0 Å². The van der Waals surface area contributed by atoms with Gasteiger partial charge in [0.2, 0.25) is 0 Å². The first-order chi connectivity index (χ1) is 8.70. The average Bonchev–Trinajstić information content (AvgIpc) is 2.39. The lowest BCUT2D eigenvalue weighted by atomic mass is 9.87. The van der Waals surface area contributed by atoms with E-state index in [0.29, 0.717) is 0 Å². The summed E-state index contributed by atoms with van der Waals surface area (Å²) in [5, 5.41) is 10.4. The molecule has 1 saturated carbocycles. The Morgan fingerprint density at radius 2 is 2.11 bits per heavy atom. The normalized spacial score (nSPS) is 25.9. The van der Waals surface area contributed by atoms with E-state index < -0.39 is 0 Å². The lowest BCUT2D eigenvalue weighted by molar-refractivity contribution is 0.199. The van der Waals surface area contributed by atoms with Crippen molar-refractivity contribution < 1.29 is 5.11 Å². The lowest BCUT2D eigenvalue weighted by Crippen LogP contribution is -2.21. The van der Waals surface area contributed by atoms with E-state index in [1.54, 1.807) is 0 Å². The SMILES string of the molecule is CCC1CCCCC1Sc1cccc(C(C)O)c1. The van der Waals surface area contributed by atoms with Crippen molar-refractivity contribution in [1.82, 2.24) is 0 Å². The first-order valence-corrected chi connectivity index (χ1v) is 8.03. The summed E-state index contributed by atoms with van der Waals surface area (Å²) in [5.41, 5.74) is 1.03. The molecule has 0 heterocycles. The summed E-state index contributed by atoms with van der Waals surface area (Å²) in [7, 11) is 0. The molecule has 2 rings (SSSR count). The molecule has 1 aliphatic carbocycles. The molecular formula is C16H24OS. The molecule has 1 fully saturated rings. The summed E-state index contributed by atoms with van der Waals surface area (Å²) in [6.45, 7) is 4.15. The molecular weight excluding hydrogens is 240 g/mol. The van der Waals surface area contributed by atoms with Gasteiger partial charge in [-0.2, -0.15) is 0 Å². The Morgan fingerprint density at radius 1 is 1.33 bits per heavy atom. The van der Waals surface area contributed by atoms with Crippen LogP contribution in [0.3, 0.4) is 0 Å². The van der Waals surface area contributed by atoms with E-state index in [1.807, 2.05) is 24.8 Å². The third kappa shape index (κ3) is 3.52. The van der Waals surface area contributed by atoms with Gasteiger partial charge in [0, 0.05) is 10.1 Å². The Balaban J connectivity index is 2.05. The third-order valence-electron chi connectivity index (χ3n) is 3.99. The van der Waals surface area contributed by atoms with E-state index in [0.717, 1.165) is 16.7 Å². The summed E-state index contributed by atoms with van der Waals surface area (Å²) in [6, 6.07) is 8.40. The zero-order valence-corrected chi connectivity index (χ0v) is 12.2. The highest BCUT2D eigenvalue weighted by atomic mass is 32.2. The molecule has 0 aromatic heterocycles. The summed E-state index contributed by atoms with van der Waals surface area (Å²) in [5.74, 6) is 0.874. The van der Waals surface area contributed by atoms with Crippen LogP contribution in [0.15, 0.2) is 29.2 Å². The number of hydrogen-bond donors (Lipinski definition) is 1. The molecule has 1 aromatic rings. The highest BCUT2D eigenvalue weighted by molar-refractivity contribution is 8.00. The highest BCUT2D eigenvalue weighted by Crippen LogP contribution is 2.39. The van der Waals surface area contributed by atoms with Crippen LogP contribution in [-0.2, 0) is 0 Å². The van der Waals surface area contributed by atoms with Gasteiger partial charge in [-0.3, -0.25) is 0 Å². The number of thioether (sulfide) groups is 1. The number of hydrogen-bond acceptors (Lipinski definition) is 2. The monoisotopic (exact) mass is 264 g/mol. The Kier molecular flexibility index (Phi) is 5.13. The summed E-state index contributed by atoms with van der Waals surface area (Å²) in [6.07, 6.45) is 6.46. The predicted molar refractivity (Wildman–Crippen MR) is 79.0 cm³/mol. The van der Waals surface area contributed by atoms with E-state index in [4.69, 9.17) is 0 Å². The molecule has 1 aromatic carbocycles. The third-order valence-corrected chi connectivity index (χ3v) is 5.44. The Labute approximate surface area is 115 Å². The molecule has 1 aliphatic rings. The van der Waals surface area contributed by atoms with Crippen LogP contribution in [-0.4, -0.2) is 10.4 Å². The van der Waals surface area contributed by atoms with E-state index in [9.17, 15) is 5.11 Å². The van der Waals surface area contributed by atoms with Crippen LogP contribution in [0.5, 0.6) is 0 Å². The van der Waals surface area contributed by atoms with Crippen LogP contribution >= 0.6 is 11.8 Å². The molecule has 2 heteroatoms. The molecule has 0 bridgehead atoms. The van der Waals surface area contributed by atoms with Crippen LogP contribution in [0.4, 0.5) is 0 Å². The summed E-state index contributed by atoms with van der Waals surface area (Å²) >= 11 is 2.02. The van der Waals surface area contributed by atoms with Crippen molar-refractivity contribution >= 4 is 11.8 Å². The van der Waals surface area contributed by atoms with Crippen molar-refractivity contribution in [2.75, 3.05) is 0 Å². The molecule has 0 aliphatic heterocycles. The van der Waals surface area contributed by atoms with Gasteiger partial charge in [0.15, 0.2) is 0 Å². The molecule has 0 saturated heterocycles. The van der Waals surface area contributed by atoms with Gasteiger partial charge in [-0.05, 0) is 43.4 Å². The number of aliphatic hydroxyl groups excluding tert-OH is 1. The minimum absolute atomic E-state index is 0.362. The van der Waals surface area contributed by atoms with Gasteiger partial charge in [0.1, 0.15) is 0 Å². The molecule has 1 N–H and O–H groups in total. The number of aliphatic hydroxyl groups is 1. The van der Waals surface area contributed by atoms with Crippen LogP contribution in [0.1, 0.15) is 57.6 Å². The fourth-order valence-corrected chi connectivity index (χ4v) is 4.33. The van der Waals surface area contributed by atoms with Crippen molar-refractivity contribution in [3.63, 3.8) is 0 Å². The Morgan fingerprint density at radius 3 is 2.83 bits per heavy atom. The van der Waals surface area contributed by atoms with E-state index in [2.05, 4.69) is 25.1 Å². The van der Waals surface area contributed by atoms with Crippen molar-refractivity contribution in [2.45, 2.75) is 62.2 Å². The maximum absolute atomic E-state index is 9.64. The van der Waals surface area contributed by atoms with E-state index in [1.165, 1.54) is 37.0 Å². The Bertz CT molecular complexity index is 375. The average molecular weight is 264 g/mol. The summed E-state index contributed by atoms with van der Waals surface area (Å²) < 4.78 is 0. The maximum atomic E-state index is 9.64. The number of benzene rings is 1. The zero-order valence-electron chi connectivity index (χ0n) is 11.4. The van der Waals surface area contributed by atoms with Crippen LogP contribution in [0.2, 0.25) is 0 Å². The van der Waals surface area contributed by atoms with Crippen LogP contribution in [0.25, 0.3) is 0 Å². The zero-order chi connectivity index (χ0) is 13.0.